The highest BCUT2D eigenvalue weighted by atomic mass is 35.5. The van der Waals surface area contributed by atoms with Gasteiger partial charge in [-0.2, -0.15) is 0 Å². The predicted octanol–water partition coefficient (Wildman–Crippen LogP) is 8.00. The van der Waals surface area contributed by atoms with Gasteiger partial charge in [0.1, 0.15) is 10.7 Å². The zero-order valence-electron chi connectivity index (χ0n) is 26.8. The van der Waals surface area contributed by atoms with Gasteiger partial charge in [-0.15, -0.1) is 11.3 Å². The van der Waals surface area contributed by atoms with Crippen molar-refractivity contribution in [1.29, 1.82) is 0 Å². The summed E-state index contributed by atoms with van der Waals surface area (Å²) in [7, 11) is 2.07. The molecule has 240 valence electrons. The van der Waals surface area contributed by atoms with Gasteiger partial charge in [0.25, 0.3) is 0 Å². The number of carboxylic acids is 1. The molecule has 0 aliphatic carbocycles. The first-order valence-corrected chi connectivity index (χ1v) is 17.0. The summed E-state index contributed by atoms with van der Waals surface area (Å²) in [6.07, 6.45) is 5.24. The zero-order chi connectivity index (χ0) is 32.3. The number of carboxylic acid groups (broad SMARTS) is 1. The van der Waals surface area contributed by atoms with Gasteiger partial charge < -0.3 is 19.1 Å². The van der Waals surface area contributed by atoms with Gasteiger partial charge >= 0.3 is 5.97 Å². The third-order valence-electron chi connectivity index (χ3n) is 9.22. The predicted molar refractivity (Wildman–Crippen MR) is 184 cm³/mol. The number of aryl methyl sites for hydroxylation is 2. The topological polar surface area (TPSA) is 89.7 Å². The van der Waals surface area contributed by atoms with Crippen molar-refractivity contribution >= 4 is 50.2 Å². The van der Waals surface area contributed by atoms with E-state index >= 15 is 0 Å². The first kappa shape index (κ1) is 31.3. The second-order valence-corrected chi connectivity index (χ2v) is 15.0. The van der Waals surface area contributed by atoms with Gasteiger partial charge in [0.15, 0.2) is 6.10 Å². The number of piperidine rings is 1. The van der Waals surface area contributed by atoms with Gasteiger partial charge in [-0.05, 0) is 100 Å². The third-order valence-corrected chi connectivity index (χ3v) is 10.6. The summed E-state index contributed by atoms with van der Waals surface area (Å²) in [5.41, 5.74) is 6.53. The molecule has 1 unspecified atom stereocenters. The summed E-state index contributed by atoms with van der Waals surface area (Å²) in [5, 5.41) is 13.0. The van der Waals surface area contributed by atoms with Crippen LogP contribution in [0.25, 0.3) is 42.9 Å². The van der Waals surface area contributed by atoms with E-state index in [2.05, 4.69) is 28.8 Å². The van der Waals surface area contributed by atoms with E-state index in [1.54, 1.807) is 11.3 Å². The van der Waals surface area contributed by atoms with Crippen molar-refractivity contribution in [3.63, 3.8) is 0 Å². The average Bonchev–Trinajstić information content (AvgIpc) is 3.55. The Morgan fingerprint density at radius 3 is 2.48 bits per heavy atom. The Kier molecular flexibility index (Phi) is 8.18. The van der Waals surface area contributed by atoms with Crippen molar-refractivity contribution < 1.29 is 19.4 Å². The lowest BCUT2D eigenvalue weighted by atomic mass is 9.88. The SMILES string of the molecule is Cc1cc2nc(-c3cnc4c(c3)c(C3CCN(C5COC5)CC3)cn4C)sc2c(-c2ccc(Cl)cc2)c1C(OC(C)(C)C)C(=O)O. The normalized spacial score (nSPS) is 17.5. The van der Waals surface area contributed by atoms with Crippen LogP contribution in [0.4, 0.5) is 0 Å². The van der Waals surface area contributed by atoms with Crippen LogP contribution < -0.4 is 0 Å². The number of rotatable bonds is 7. The van der Waals surface area contributed by atoms with Gasteiger partial charge in [0, 0.05) is 46.5 Å². The summed E-state index contributed by atoms with van der Waals surface area (Å²) >= 11 is 7.83. The molecule has 2 aromatic carbocycles. The number of benzene rings is 2. The van der Waals surface area contributed by atoms with E-state index in [0.717, 1.165) is 82.3 Å². The van der Waals surface area contributed by atoms with Crippen molar-refractivity contribution in [3.05, 3.63) is 70.5 Å². The van der Waals surface area contributed by atoms with E-state index in [4.69, 9.17) is 31.0 Å². The van der Waals surface area contributed by atoms with Gasteiger partial charge in [-0.1, -0.05) is 23.7 Å². The molecule has 2 fully saturated rings. The van der Waals surface area contributed by atoms with E-state index in [1.807, 2.05) is 64.2 Å². The van der Waals surface area contributed by atoms with Gasteiger partial charge in [0.05, 0.1) is 35.1 Å². The number of nitrogens with zero attached hydrogens (tertiary/aromatic N) is 4. The number of hydrogen-bond acceptors (Lipinski definition) is 7. The molecule has 1 atom stereocenters. The van der Waals surface area contributed by atoms with Gasteiger partial charge in [-0.3, -0.25) is 4.90 Å². The monoisotopic (exact) mass is 658 g/mol. The Labute approximate surface area is 277 Å². The molecule has 1 N–H and O–H groups in total. The number of likely N-dealkylation sites (tertiary alicyclic amines) is 1. The van der Waals surface area contributed by atoms with E-state index < -0.39 is 17.7 Å². The number of pyridine rings is 1. The standard InChI is InChI=1S/C36H39ClN4O4S/c1-20-14-28-32(30(22-6-8-24(37)9-7-22)29(20)31(35(42)43)45-36(2,3)4)46-34(39-28)23-15-26-27(17-40(5)33(26)38-16-23)21-10-12-41(13-11-21)25-18-44-19-25/h6-9,14-17,21,25,31H,10-13,18-19H2,1-5H3,(H,42,43). The van der Waals surface area contributed by atoms with Gasteiger partial charge in [-0.25, -0.2) is 14.8 Å². The minimum atomic E-state index is -1.16. The minimum Gasteiger partial charge on any atom is -0.479 e. The van der Waals surface area contributed by atoms with Crippen LogP contribution in [0.15, 0.2) is 48.8 Å². The van der Waals surface area contributed by atoms with Crippen molar-refractivity contribution in [3.8, 4) is 21.7 Å². The summed E-state index contributed by atoms with van der Waals surface area (Å²) in [4.78, 5) is 25.3. The first-order valence-electron chi connectivity index (χ1n) is 15.8. The number of thiazole rings is 1. The molecule has 10 heteroatoms. The number of halogens is 1. The van der Waals surface area contributed by atoms with Crippen LogP contribution in [0.3, 0.4) is 0 Å². The smallest absolute Gasteiger partial charge is 0.337 e. The quantitative estimate of drug-likeness (QED) is 0.190. The number of ether oxygens (including phenoxy) is 2. The van der Waals surface area contributed by atoms with Crippen molar-refractivity contribution in [2.45, 2.75) is 64.2 Å². The molecular weight excluding hydrogens is 620 g/mol. The lowest BCUT2D eigenvalue weighted by Crippen LogP contribution is -2.51. The Morgan fingerprint density at radius 2 is 1.85 bits per heavy atom. The van der Waals surface area contributed by atoms with Crippen molar-refractivity contribution in [2.75, 3.05) is 26.3 Å². The second kappa shape index (κ2) is 12.0. The Balaban J connectivity index is 1.33. The highest BCUT2D eigenvalue weighted by Crippen LogP contribution is 2.45. The zero-order valence-corrected chi connectivity index (χ0v) is 28.4. The van der Waals surface area contributed by atoms with Crippen molar-refractivity contribution in [1.82, 2.24) is 19.4 Å². The molecule has 5 heterocycles. The lowest BCUT2D eigenvalue weighted by Gasteiger charge is -2.41. The molecule has 0 spiro atoms. The number of hydrogen-bond donors (Lipinski definition) is 1. The molecule has 2 saturated heterocycles. The summed E-state index contributed by atoms with van der Waals surface area (Å²) in [6, 6.07) is 12.3. The molecule has 5 aromatic rings. The molecule has 0 bridgehead atoms. The van der Waals surface area contributed by atoms with E-state index in [9.17, 15) is 9.90 Å². The highest BCUT2D eigenvalue weighted by molar-refractivity contribution is 7.22. The third kappa shape index (κ3) is 5.84. The lowest BCUT2D eigenvalue weighted by molar-refractivity contribution is -0.160. The van der Waals surface area contributed by atoms with Crippen LogP contribution in [0.2, 0.25) is 5.02 Å². The molecule has 0 radical (unpaired) electrons. The van der Waals surface area contributed by atoms with Crippen molar-refractivity contribution in [2.24, 2.45) is 7.05 Å². The van der Waals surface area contributed by atoms with Crippen LogP contribution in [-0.4, -0.2) is 68.5 Å². The Morgan fingerprint density at radius 1 is 1.13 bits per heavy atom. The number of aliphatic carboxylic acids is 1. The van der Waals surface area contributed by atoms with Crippen LogP contribution in [0.1, 0.15) is 62.3 Å². The van der Waals surface area contributed by atoms with Crippen LogP contribution in [0, 0.1) is 6.92 Å². The molecule has 8 nitrogen and oxygen atoms in total. The largest absolute Gasteiger partial charge is 0.479 e. The maximum absolute atomic E-state index is 12.7. The Bertz CT molecular complexity index is 1930. The maximum Gasteiger partial charge on any atom is 0.337 e. The molecule has 7 rings (SSSR count). The fraction of sp³-hybridized carbons (Fsp3) is 0.417. The fourth-order valence-electron chi connectivity index (χ4n) is 6.90. The molecule has 46 heavy (non-hydrogen) atoms. The van der Waals surface area contributed by atoms with E-state index in [0.29, 0.717) is 22.5 Å². The average molecular weight is 659 g/mol. The van der Waals surface area contributed by atoms with Gasteiger partial charge in [0.2, 0.25) is 0 Å². The van der Waals surface area contributed by atoms with E-state index in [-0.39, 0.29) is 0 Å². The molecule has 0 saturated carbocycles. The van der Waals surface area contributed by atoms with E-state index in [1.165, 1.54) is 10.9 Å². The first-order chi connectivity index (χ1) is 22.0. The number of fused-ring (bicyclic) bond motifs is 2. The maximum atomic E-state index is 12.7. The second-order valence-electron chi connectivity index (χ2n) is 13.6. The fourth-order valence-corrected chi connectivity index (χ4v) is 8.14. The molecular formula is C36H39ClN4O4S. The highest BCUT2D eigenvalue weighted by Gasteiger charge is 2.33. The summed E-state index contributed by atoms with van der Waals surface area (Å²) in [6.45, 7) is 11.4. The molecule has 2 aliphatic rings. The Hall–Kier alpha value is -3.34. The number of aromatic nitrogens is 3. The summed E-state index contributed by atoms with van der Waals surface area (Å²) < 4.78 is 14.7. The molecule has 2 aliphatic heterocycles. The molecule has 0 amide bonds. The minimum absolute atomic E-state index is 0.478. The summed E-state index contributed by atoms with van der Waals surface area (Å²) in [5.74, 6) is -0.554. The van der Waals surface area contributed by atoms with Crippen LogP contribution in [-0.2, 0) is 21.3 Å². The number of carbonyl (C=O) groups is 1. The van der Waals surface area contributed by atoms with Crippen LogP contribution in [0.5, 0.6) is 0 Å². The molecule has 3 aromatic heterocycles. The van der Waals surface area contributed by atoms with Crippen LogP contribution >= 0.6 is 22.9 Å².